The van der Waals surface area contributed by atoms with E-state index >= 15 is 0 Å². The minimum atomic E-state index is -0.317. The van der Waals surface area contributed by atoms with Crippen molar-refractivity contribution in [2.24, 2.45) is 7.05 Å². The van der Waals surface area contributed by atoms with Crippen molar-refractivity contribution in [2.45, 2.75) is 0 Å². The monoisotopic (exact) mass is 283 g/mol. The first-order valence-electron chi connectivity index (χ1n) is 6.23. The maximum Gasteiger partial charge on any atom is 0.276 e. The van der Waals surface area contributed by atoms with Crippen LogP contribution in [0.3, 0.4) is 0 Å². The highest BCUT2D eigenvalue weighted by molar-refractivity contribution is 6.06. The van der Waals surface area contributed by atoms with Crippen molar-refractivity contribution >= 4 is 17.3 Å². The lowest BCUT2D eigenvalue weighted by Crippen LogP contribution is -2.17. The van der Waals surface area contributed by atoms with Crippen LogP contribution in [0, 0.1) is 0 Å². The molecular formula is C14H13N5O2. The standard InChI is InChI=1S/C14H13N5O2/c1-19-13(11(15)6-17-19)14(20)18-10-4-2-3-9(5-10)12-7-16-8-21-12/h2-8H,15H2,1H3,(H,18,20). The molecule has 0 fully saturated rings. The van der Waals surface area contributed by atoms with Crippen LogP contribution < -0.4 is 11.1 Å². The van der Waals surface area contributed by atoms with Gasteiger partial charge in [-0.2, -0.15) is 5.10 Å². The molecule has 106 valence electrons. The van der Waals surface area contributed by atoms with Gasteiger partial charge in [0.05, 0.1) is 18.1 Å². The van der Waals surface area contributed by atoms with Gasteiger partial charge in [0.15, 0.2) is 12.2 Å². The minimum Gasteiger partial charge on any atom is -0.444 e. The molecule has 21 heavy (non-hydrogen) atoms. The number of benzene rings is 1. The molecule has 2 aromatic heterocycles. The van der Waals surface area contributed by atoms with E-state index in [0.717, 1.165) is 5.56 Å². The maximum atomic E-state index is 12.2. The van der Waals surface area contributed by atoms with Gasteiger partial charge >= 0.3 is 0 Å². The smallest absolute Gasteiger partial charge is 0.276 e. The van der Waals surface area contributed by atoms with Crippen molar-refractivity contribution in [1.82, 2.24) is 14.8 Å². The van der Waals surface area contributed by atoms with E-state index < -0.39 is 0 Å². The van der Waals surface area contributed by atoms with Gasteiger partial charge in [0.1, 0.15) is 5.69 Å². The Hall–Kier alpha value is -3.09. The van der Waals surface area contributed by atoms with Crippen molar-refractivity contribution in [1.29, 1.82) is 0 Å². The number of carbonyl (C=O) groups excluding carboxylic acids is 1. The van der Waals surface area contributed by atoms with Gasteiger partial charge in [0.25, 0.3) is 5.91 Å². The maximum absolute atomic E-state index is 12.2. The molecule has 1 amide bonds. The lowest BCUT2D eigenvalue weighted by atomic mass is 10.1. The first-order chi connectivity index (χ1) is 10.1. The molecule has 1 aromatic carbocycles. The Labute approximate surface area is 120 Å². The number of oxazole rings is 1. The summed E-state index contributed by atoms with van der Waals surface area (Å²) in [7, 11) is 1.66. The van der Waals surface area contributed by atoms with E-state index in [2.05, 4.69) is 15.4 Å². The second-order valence-corrected chi connectivity index (χ2v) is 4.47. The molecular weight excluding hydrogens is 270 g/mol. The van der Waals surface area contributed by atoms with Crippen LogP contribution in [0.5, 0.6) is 0 Å². The lowest BCUT2D eigenvalue weighted by molar-refractivity contribution is 0.101. The van der Waals surface area contributed by atoms with Gasteiger partial charge < -0.3 is 15.5 Å². The van der Waals surface area contributed by atoms with Crippen LogP contribution in [-0.2, 0) is 7.05 Å². The molecule has 7 heteroatoms. The van der Waals surface area contributed by atoms with E-state index in [-0.39, 0.29) is 5.91 Å². The highest BCUT2D eigenvalue weighted by atomic mass is 16.3. The van der Waals surface area contributed by atoms with Crippen molar-refractivity contribution in [3.8, 4) is 11.3 Å². The van der Waals surface area contributed by atoms with Crippen LogP contribution in [0.15, 0.2) is 47.5 Å². The number of hydrogen-bond donors (Lipinski definition) is 2. The fourth-order valence-electron chi connectivity index (χ4n) is 2.03. The number of aryl methyl sites for hydroxylation is 1. The fourth-order valence-corrected chi connectivity index (χ4v) is 2.03. The van der Waals surface area contributed by atoms with Gasteiger partial charge in [-0.05, 0) is 12.1 Å². The highest BCUT2D eigenvalue weighted by Gasteiger charge is 2.15. The van der Waals surface area contributed by atoms with E-state index in [4.69, 9.17) is 10.2 Å². The first kappa shape index (κ1) is 12.9. The molecule has 0 aliphatic heterocycles. The molecule has 0 saturated heterocycles. The van der Waals surface area contributed by atoms with Crippen LogP contribution in [0.25, 0.3) is 11.3 Å². The van der Waals surface area contributed by atoms with E-state index in [1.165, 1.54) is 17.3 Å². The quantitative estimate of drug-likeness (QED) is 0.765. The summed E-state index contributed by atoms with van der Waals surface area (Å²) in [6, 6.07) is 7.27. The predicted octanol–water partition coefficient (Wildman–Crippen LogP) is 1.91. The molecule has 0 radical (unpaired) electrons. The molecule has 0 aliphatic rings. The molecule has 0 unspecified atom stereocenters. The van der Waals surface area contributed by atoms with Gasteiger partial charge in [-0.3, -0.25) is 9.48 Å². The average Bonchev–Trinajstić information content (AvgIpc) is 3.09. The van der Waals surface area contributed by atoms with Crippen LogP contribution in [0.1, 0.15) is 10.5 Å². The Kier molecular flexibility index (Phi) is 3.15. The topological polar surface area (TPSA) is 99.0 Å². The number of nitrogen functional groups attached to an aromatic ring is 1. The molecule has 0 saturated carbocycles. The Balaban J connectivity index is 1.86. The van der Waals surface area contributed by atoms with Gasteiger partial charge in [-0.25, -0.2) is 4.98 Å². The van der Waals surface area contributed by atoms with Crippen LogP contribution >= 0.6 is 0 Å². The number of anilines is 2. The largest absolute Gasteiger partial charge is 0.444 e. The van der Waals surface area contributed by atoms with Gasteiger partial charge in [-0.15, -0.1) is 0 Å². The number of nitrogens with two attached hydrogens (primary N) is 1. The van der Waals surface area contributed by atoms with Crippen molar-refractivity contribution in [3.63, 3.8) is 0 Å². The Morgan fingerprint density at radius 3 is 2.90 bits per heavy atom. The van der Waals surface area contributed by atoms with Crippen LogP contribution in [-0.4, -0.2) is 20.7 Å². The highest BCUT2D eigenvalue weighted by Crippen LogP contribution is 2.22. The van der Waals surface area contributed by atoms with E-state index in [9.17, 15) is 4.79 Å². The van der Waals surface area contributed by atoms with E-state index in [0.29, 0.717) is 22.8 Å². The molecule has 0 spiro atoms. The number of amides is 1. The molecule has 0 atom stereocenters. The molecule has 3 N–H and O–H groups in total. The predicted molar refractivity (Wildman–Crippen MR) is 77.5 cm³/mol. The number of rotatable bonds is 3. The molecule has 3 rings (SSSR count). The fraction of sp³-hybridized carbons (Fsp3) is 0.0714. The zero-order valence-corrected chi connectivity index (χ0v) is 11.3. The summed E-state index contributed by atoms with van der Waals surface area (Å²) in [6.45, 7) is 0. The van der Waals surface area contributed by atoms with Crippen molar-refractivity contribution in [2.75, 3.05) is 11.1 Å². The summed E-state index contributed by atoms with van der Waals surface area (Å²) in [4.78, 5) is 16.1. The first-order valence-corrected chi connectivity index (χ1v) is 6.23. The third-order valence-electron chi connectivity index (χ3n) is 3.02. The molecule has 0 bridgehead atoms. The van der Waals surface area contributed by atoms with Crippen molar-refractivity contribution < 1.29 is 9.21 Å². The summed E-state index contributed by atoms with van der Waals surface area (Å²) in [6.07, 6.45) is 4.41. The van der Waals surface area contributed by atoms with E-state index in [1.54, 1.807) is 25.4 Å². The lowest BCUT2D eigenvalue weighted by Gasteiger charge is -2.07. The zero-order chi connectivity index (χ0) is 14.8. The Morgan fingerprint density at radius 2 is 2.24 bits per heavy atom. The molecule has 2 heterocycles. The number of nitrogens with zero attached hydrogens (tertiary/aromatic N) is 3. The Morgan fingerprint density at radius 1 is 1.38 bits per heavy atom. The second-order valence-electron chi connectivity index (χ2n) is 4.47. The van der Waals surface area contributed by atoms with Crippen molar-refractivity contribution in [3.05, 3.63) is 48.7 Å². The number of nitrogens with one attached hydrogen (secondary N) is 1. The third kappa shape index (κ3) is 2.48. The zero-order valence-electron chi connectivity index (χ0n) is 11.3. The summed E-state index contributed by atoms with van der Waals surface area (Å²) in [5.41, 5.74) is 7.85. The van der Waals surface area contributed by atoms with Gasteiger partial charge in [0, 0.05) is 18.3 Å². The number of carbonyl (C=O) groups is 1. The van der Waals surface area contributed by atoms with Crippen LogP contribution in [0.4, 0.5) is 11.4 Å². The summed E-state index contributed by atoms with van der Waals surface area (Å²) in [5, 5.41) is 6.73. The summed E-state index contributed by atoms with van der Waals surface area (Å²) in [5.74, 6) is 0.313. The second kappa shape index (κ2) is 5.12. The van der Waals surface area contributed by atoms with Gasteiger partial charge in [0.2, 0.25) is 0 Å². The Bertz CT molecular complexity index is 757. The molecule has 3 aromatic rings. The molecule has 0 aliphatic carbocycles. The summed E-state index contributed by atoms with van der Waals surface area (Å²) < 4.78 is 6.67. The number of aromatic nitrogens is 3. The van der Waals surface area contributed by atoms with E-state index in [1.807, 2.05) is 12.1 Å². The van der Waals surface area contributed by atoms with Gasteiger partial charge in [-0.1, -0.05) is 12.1 Å². The summed E-state index contributed by atoms with van der Waals surface area (Å²) >= 11 is 0. The normalized spacial score (nSPS) is 10.5. The molecule has 7 nitrogen and oxygen atoms in total. The SMILES string of the molecule is Cn1ncc(N)c1C(=O)Nc1cccc(-c2cnco2)c1. The number of hydrogen-bond acceptors (Lipinski definition) is 5. The average molecular weight is 283 g/mol. The minimum absolute atomic E-state index is 0.317. The van der Waals surface area contributed by atoms with Crippen LogP contribution in [0.2, 0.25) is 0 Å². The third-order valence-corrected chi connectivity index (χ3v) is 3.02.